The van der Waals surface area contributed by atoms with Crippen LogP contribution in [0.2, 0.25) is 0 Å². The maximum atomic E-state index is 13.1. The van der Waals surface area contributed by atoms with Gasteiger partial charge >= 0.3 is 6.18 Å². The van der Waals surface area contributed by atoms with Crippen molar-refractivity contribution in [3.63, 3.8) is 0 Å². The van der Waals surface area contributed by atoms with Crippen molar-refractivity contribution in [2.75, 3.05) is 13.6 Å². The molecule has 1 aromatic heterocycles. The zero-order chi connectivity index (χ0) is 24.5. The van der Waals surface area contributed by atoms with Crippen LogP contribution in [0.3, 0.4) is 0 Å². The molecule has 1 aliphatic heterocycles. The van der Waals surface area contributed by atoms with Crippen molar-refractivity contribution in [1.29, 1.82) is 0 Å². The molecule has 4 rings (SSSR count). The fraction of sp³-hybridized carbons (Fsp3) is 0.385. The van der Waals surface area contributed by atoms with Gasteiger partial charge in [-0.2, -0.15) is 18.3 Å². The zero-order valence-electron chi connectivity index (χ0n) is 19.6. The lowest BCUT2D eigenvalue weighted by atomic mass is 9.88. The van der Waals surface area contributed by atoms with Crippen molar-refractivity contribution in [2.24, 2.45) is 7.05 Å². The number of alkyl halides is 3. The summed E-state index contributed by atoms with van der Waals surface area (Å²) in [6, 6.07) is 14.5. The number of aromatic nitrogens is 2. The van der Waals surface area contributed by atoms with Crippen LogP contribution in [0.25, 0.3) is 0 Å². The van der Waals surface area contributed by atoms with Gasteiger partial charge in [-0.3, -0.25) is 14.4 Å². The number of likely N-dealkylation sites (N-methyl/N-ethyl adjacent to an activating group) is 1. The highest BCUT2D eigenvalue weighted by atomic mass is 19.4. The predicted octanol–water partition coefficient (Wildman–Crippen LogP) is 4.77. The first-order valence-electron chi connectivity index (χ1n) is 11.4. The fourth-order valence-corrected chi connectivity index (χ4v) is 5.06. The van der Waals surface area contributed by atoms with E-state index >= 15 is 0 Å². The van der Waals surface area contributed by atoms with Crippen LogP contribution in [0.4, 0.5) is 13.2 Å². The van der Waals surface area contributed by atoms with E-state index < -0.39 is 17.8 Å². The smallest absolute Gasteiger partial charge is 0.358 e. The van der Waals surface area contributed by atoms with Crippen LogP contribution in [0.15, 0.2) is 54.6 Å². The number of hydrogen-bond donors (Lipinski definition) is 1. The highest BCUT2D eigenvalue weighted by Crippen LogP contribution is 2.40. The third-order valence-corrected chi connectivity index (χ3v) is 6.66. The molecule has 0 bridgehead atoms. The molecule has 1 aliphatic rings. The number of amides is 1. The molecule has 0 aliphatic carbocycles. The van der Waals surface area contributed by atoms with Crippen LogP contribution in [0, 0.1) is 6.92 Å². The molecular formula is C26H29F3N4O. The van der Waals surface area contributed by atoms with E-state index in [4.69, 9.17) is 0 Å². The van der Waals surface area contributed by atoms with Gasteiger partial charge in [-0.25, -0.2) is 0 Å². The Morgan fingerprint density at radius 3 is 2.44 bits per heavy atom. The van der Waals surface area contributed by atoms with Gasteiger partial charge in [0.2, 0.25) is 5.91 Å². The van der Waals surface area contributed by atoms with Gasteiger partial charge in [0.1, 0.15) is 6.04 Å². The Hall–Kier alpha value is -3.13. The standard InChI is InChI=1S/C26H29F3N4O/c1-17-23-21(32(3)31-17)15-16-33(24(25(34)30-2)19-7-5-4-6-8-19)22(23)14-11-18-9-12-20(13-10-18)26(27,28)29/h4-10,12-13,22,24H,11,14-16H2,1-3H3,(H,30,34). The van der Waals surface area contributed by atoms with Gasteiger partial charge in [0.15, 0.2) is 0 Å². The monoisotopic (exact) mass is 470 g/mol. The molecule has 0 spiro atoms. The maximum Gasteiger partial charge on any atom is 0.416 e. The molecule has 1 amide bonds. The van der Waals surface area contributed by atoms with Gasteiger partial charge < -0.3 is 5.32 Å². The minimum absolute atomic E-state index is 0.0873. The van der Waals surface area contributed by atoms with E-state index in [0.29, 0.717) is 19.4 Å². The van der Waals surface area contributed by atoms with Crippen LogP contribution >= 0.6 is 0 Å². The van der Waals surface area contributed by atoms with Gasteiger partial charge in [-0.1, -0.05) is 42.5 Å². The number of fused-ring (bicyclic) bond motifs is 1. The van der Waals surface area contributed by atoms with Crippen LogP contribution in [-0.2, 0) is 30.9 Å². The summed E-state index contributed by atoms with van der Waals surface area (Å²) in [4.78, 5) is 15.3. The van der Waals surface area contributed by atoms with Crippen molar-refractivity contribution < 1.29 is 18.0 Å². The van der Waals surface area contributed by atoms with E-state index in [2.05, 4.69) is 15.3 Å². The van der Waals surface area contributed by atoms with E-state index in [0.717, 1.165) is 46.6 Å². The molecule has 180 valence electrons. The predicted molar refractivity (Wildman–Crippen MR) is 124 cm³/mol. The Kier molecular flexibility index (Phi) is 6.79. The topological polar surface area (TPSA) is 50.2 Å². The average Bonchev–Trinajstić information content (AvgIpc) is 3.12. The Morgan fingerprint density at radius 1 is 1.15 bits per heavy atom. The molecule has 0 radical (unpaired) electrons. The average molecular weight is 471 g/mol. The number of nitrogens with one attached hydrogen (secondary N) is 1. The van der Waals surface area contributed by atoms with Gasteiger partial charge in [-0.05, 0) is 43.0 Å². The van der Waals surface area contributed by atoms with Crippen LogP contribution in [0.5, 0.6) is 0 Å². The van der Waals surface area contributed by atoms with Gasteiger partial charge in [-0.15, -0.1) is 0 Å². The van der Waals surface area contributed by atoms with Gasteiger partial charge in [0.25, 0.3) is 0 Å². The molecule has 2 heterocycles. The third kappa shape index (κ3) is 4.73. The lowest BCUT2D eigenvalue weighted by Crippen LogP contribution is -2.45. The number of carbonyl (C=O) groups is 1. The largest absolute Gasteiger partial charge is 0.416 e. The fourth-order valence-electron chi connectivity index (χ4n) is 5.06. The molecule has 2 aromatic carbocycles. The Labute approximate surface area is 197 Å². The summed E-state index contributed by atoms with van der Waals surface area (Å²) in [5, 5.41) is 7.44. The molecule has 0 saturated carbocycles. The van der Waals surface area contributed by atoms with E-state index in [1.54, 1.807) is 19.2 Å². The summed E-state index contributed by atoms with van der Waals surface area (Å²) in [6.07, 6.45) is -2.34. The van der Waals surface area contributed by atoms with Crippen LogP contribution in [0.1, 0.15) is 52.1 Å². The van der Waals surface area contributed by atoms with E-state index in [1.807, 2.05) is 49.0 Å². The molecule has 8 heteroatoms. The second kappa shape index (κ2) is 9.62. The highest BCUT2D eigenvalue weighted by Gasteiger charge is 2.39. The zero-order valence-corrected chi connectivity index (χ0v) is 19.6. The quantitative estimate of drug-likeness (QED) is 0.565. The van der Waals surface area contributed by atoms with Gasteiger partial charge in [0, 0.05) is 44.4 Å². The van der Waals surface area contributed by atoms with E-state index in [1.165, 1.54) is 0 Å². The van der Waals surface area contributed by atoms with E-state index in [9.17, 15) is 18.0 Å². The van der Waals surface area contributed by atoms with Crippen molar-refractivity contribution in [3.8, 4) is 0 Å². The summed E-state index contributed by atoms with van der Waals surface area (Å²) in [5.74, 6) is -0.0873. The second-order valence-electron chi connectivity index (χ2n) is 8.73. The number of carbonyl (C=O) groups excluding carboxylic acids is 1. The summed E-state index contributed by atoms with van der Waals surface area (Å²) in [7, 11) is 3.57. The maximum absolute atomic E-state index is 13.1. The number of aryl methyl sites for hydroxylation is 3. The minimum Gasteiger partial charge on any atom is -0.358 e. The van der Waals surface area contributed by atoms with Crippen LogP contribution < -0.4 is 5.32 Å². The second-order valence-corrected chi connectivity index (χ2v) is 8.73. The lowest BCUT2D eigenvalue weighted by molar-refractivity contribution is -0.137. The molecular weight excluding hydrogens is 441 g/mol. The molecule has 2 atom stereocenters. The first kappa shape index (κ1) is 24.0. The summed E-state index contributed by atoms with van der Waals surface area (Å²) in [5.41, 5.74) is 4.28. The first-order chi connectivity index (χ1) is 16.2. The normalized spacial score (nSPS) is 17.3. The first-order valence-corrected chi connectivity index (χ1v) is 11.4. The number of hydrogen-bond acceptors (Lipinski definition) is 3. The Bertz CT molecular complexity index is 1140. The Balaban J connectivity index is 1.68. The molecule has 34 heavy (non-hydrogen) atoms. The highest BCUT2D eigenvalue weighted by molar-refractivity contribution is 5.83. The van der Waals surface area contributed by atoms with E-state index in [-0.39, 0.29) is 11.9 Å². The molecule has 2 unspecified atom stereocenters. The van der Waals surface area contributed by atoms with Crippen molar-refractivity contribution in [3.05, 3.63) is 88.2 Å². The molecule has 0 fully saturated rings. The molecule has 5 nitrogen and oxygen atoms in total. The lowest BCUT2D eigenvalue weighted by Gasteiger charge is -2.41. The van der Waals surface area contributed by atoms with Crippen molar-refractivity contribution in [1.82, 2.24) is 20.0 Å². The molecule has 3 aromatic rings. The molecule has 1 N–H and O–H groups in total. The molecule has 0 saturated heterocycles. The third-order valence-electron chi connectivity index (χ3n) is 6.66. The minimum atomic E-state index is -4.35. The van der Waals surface area contributed by atoms with Crippen molar-refractivity contribution >= 4 is 5.91 Å². The SMILES string of the molecule is CNC(=O)C(c1ccccc1)N1CCc2c(c(C)nn2C)C1CCc1ccc(C(F)(F)F)cc1. The number of halogens is 3. The Morgan fingerprint density at radius 2 is 1.82 bits per heavy atom. The van der Waals surface area contributed by atoms with Gasteiger partial charge in [0.05, 0.1) is 11.3 Å². The van der Waals surface area contributed by atoms with Crippen LogP contribution in [-0.4, -0.2) is 34.2 Å². The van der Waals surface area contributed by atoms with Crippen molar-refractivity contribution in [2.45, 2.75) is 44.4 Å². The number of nitrogens with zero attached hydrogens (tertiary/aromatic N) is 3. The summed E-state index contributed by atoms with van der Waals surface area (Å²) >= 11 is 0. The summed E-state index contributed by atoms with van der Waals surface area (Å²) in [6.45, 7) is 2.65. The summed E-state index contributed by atoms with van der Waals surface area (Å²) < 4.78 is 40.8. The number of rotatable bonds is 6. The number of benzene rings is 2.